The van der Waals surface area contributed by atoms with Crippen LogP contribution in [0.5, 0.6) is 17.2 Å². The van der Waals surface area contributed by atoms with Crippen molar-refractivity contribution in [3.8, 4) is 17.2 Å². The van der Waals surface area contributed by atoms with E-state index in [0.29, 0.717) is 19.7 Å². The third-order valence-corrected chi connectivity index (χ3v) is 5.74. The maximum Gasteiger partial charge on any atom is 0.260 e. The third kappa shape index (κ3) is 5.32. The molecule has 0 saturated carbocycles. The molecule has 168 valence electrons. The number of piperazine rings is 1. The van der Waals surface area contributed by atoms with Crippen LogP contribution in [-0.2, 0) is 11.3 Å². The van der Waals surface area contributed by atoms with Crippen LogP contribution in [-0.4, -0.2) is 62.2 Å². The maximum atomic E-state index is 12.6. The van der Waals surface area contributed by atoms with Crippen molar-refractivity contribution in [1.82, 2.24) is 9.80 Å². The first kappa shape index (κ1) is 22.0. The van der Waals surface area contributed by atoms with Crippen molar-refractivity contribution in [2.75, 3.05) is 46.5 Å². The molecule has 0 aliphatic carbocycles. The zero-order valence-corrected chi connectivity index (χ0v) is 18.8. The van der Waals surface area contributed by atoms with Gasteiger partial charge in [-0.2, -0.15) is 0 Å². The number of fused-ring (bicyclic) bond motifs is 1. The van der Waals surface area contributed by atoms with Crippen molar-refractivity contribution in [3.05, 3.63) is 66.2 Å². The van der Waals surface area contributed by atoms with Crippen LogP contribution in [0, 0.1) is 0 Å². The minimum absolute atomic E-state index is 0.0286. The van der Waals surface area contributed by atoms with E-state index < -0.39 is 0 Å². The third-order valence-electron chi connectivity index (χ3n) is 5.74. The second kappa shape index (κ2) is 10.4. The zero-order valence-electron chi connectivity index (χ0n) is 18.8. The molecule has 6 nitrogen and oxygen atoms in total. The predicted octanol–water partition coefficient (Wildman–Crippen LogP) is 3.97. The van der Waals surface area contributed by atoms with E-state index >= 15 is 0 Å². The van der Waals surface area contributed by atoms with Gasteiger partial charge < -0.3 is 19.1 Å². The van der Waals surface area contributed by atoms with Crippen molar-refractivity contribution < 1.29 is 19.0 Å². The van der Waals surface area contributed by atoms with E-state index in [2.05, 4.69) is 17.0 Å². The quantitative estimate of drug-likeness (QED) is 0.537. The molecule has 0 N–H and O–H groups in total. The first-order chi connectivity index (χ1) is 15.7. The molecule has 1 fully saturated rings. The molecule has 1 aliphatic heterocycles. The molecule has 4 rings (SSSR count). The smallest absolute Gasteiger partial charge is 0.260 e. The lowest BCUT2D eigenvalue weighted by atomic mass is 10.1. The highest BCUT2D eigenvalue weighted by molar-refractivity contribution is 5.84. The van der Waals surface area contributed by atoms with Crippen molar-refractivity contribution in [2.45, 2.75) is 13.5 Å². The van der Waals surface area contributed by atoms with E-state index in [1.807, 2.05) is 60.4 Å². The van der Waals surface area contributed by atoms with Crippen molar-refractivity contribution >= 4 is 16.7 Å². The number of nitrogens with zero attached hydrogens (tertiary/aromatic N) is 2. The van der Waals surface area contributed by atoms with Crippen LogP contribution in [0.4, 0.5) is 0 Å². The zero-order chi connectivity index (χ0) is 22.3. The lowest BCUT2D eigenvalue weighted by Crippen LogP contribution is -2.49. The topological polar surface area (TPSA) is 51.2 Å². The second-order valence-corrected chi connectivity index (χ2v) is 7.87. The Balaban J connectivity index is 1.26. The summed E-state index contributed by atoms with van der Waals surface area (Å²) in [5.41, 5.74) is 1.17. The van der Waals surface area contributed by atoms with E-state index in [1.54, 1.807) is 7.11 Å². The normalized spacial score (nSPS) is 14.4. The summed E-state index contributed by atoms with van der Waals surface area (Å²) in [5, 5.41) is 2.27. The molecule has 0 bridgehead atoms. The number of carbonyl (C=O) groups excluding carboxylic acids is 1. The summed E-state index contributed by atoms with van der Waals surface area (Å²) < 4.78 is 16.8. The summed E-state index contributed by atoms with van der Waals surface area (Å²) in [6, 6.07) is 20.1. The highest BCUT2D eigenvalue weighted by Crippen LogP contribution is 2.28. The summed E-state index contributed by atoms with van der Waals surface area (Å²) in [5.74, 6) is 2.27. The van der Waals surface area contributed by atoms with Gasteiger partial charge in [-0.05, 0) is 47.5 Å². The molecule has 32 heavy (non-hydrogen) atoms. The number of carbonyl (C=O) groups is 1. The maximum absolute atomic E-state index is 12.6. The molecule has 3 aromatic rings. The number of benzene rings is 3. The first-order valence-corrected chi connectivity index (χ1v) is 11.1. The lowest BCUT2D eigenvalue weighted by molar-refractivity contribution is -0.135. The van der Waals surface area contributed by atoms with Crippen LogP contribution >= 0.6 is 0 Å². The molecule has 0 aromatic heterocycles. The van der Waals surface area contributed by atoms with Gasteiger partial charge in [0.25, 0.3) is 5.91 Å². The number of amides is 1. The molecular weight excluding hydrogens is 404 g/mol. The minimum Gasteiger partial charge on any atom is -0.493 e. The van der Waals surface area contributed by atoms with E-state index in [1.165, 1.54) is 5.56 Å². The SMILES string of the molecule is CCOc1cc(CN2CCN(C(=O)COc3ccc4ccccc4c3)CC2)ccc1OC. The van der Waals surface area contributed by atoms with Crippen LogP contribution in [0.1, 0.15) is 12.5 Å². The Bertz CT molecular complexity index is 1060. The summed E-state index contributed by atoms with van der Waals surface area (Å²) in [6.45, 7) is 6.51. The highest BCUT2D eigenvalue weighted by atomic mass is 16.5. The standard InChI is InChI=1S/C26H30N2O4/c1-3-31-25-16-20(8-11-24(25)30-2)18-27-12-14-28(15-13-27)26(29)19-32-23-10-9-21-6-4-5-7-22(21)17-23/h4-11,16-17H,3,12-15,18-19H2,1-2H3. The van der Waals surface area contributed by atoms with E-state index in [0.717, 1.165) is 47.7 Å². The Hall–Kier alpha value is -3.25. The Morgan fingerprint density at radius 1 is 0.875 bits per heavy atom. The molecule has 0 radical (unpaired) electrons. The molecular formula is C26H30N2O4. The Morgan fingerprint density at radius 3 is 2.41 bits per heavy atom. The van der Waals surface area contributed by atoms with E-state index in [-0.39, 0.29) is 12.5 Å². The fourth-order valence-electron chi connectivity index (χ4n) is 3.99. The largest absolute Gasteiger partial charge is 0.493 e. The number of ether oxygens (including phenoxy) is 3. The predicted molar refractivity (Wildman–Crippen MR) is 125 cm³/mol. The van der Waals surface area contributed by atoms with E-state index in [4.69, 9.17) is 14.2 Å². The van der Waals surface area contributed by atoms with Gasteiger partial charge in [0.15, 0.2) is 18.1 Å². The summed E-state index contributed by atoms with van der Waals surface area (Å²) in [6.07, 6.45) is 0. The van der Waals surface area contributed by atoms with Gasteiger partial charge in [0.2, 0.25) is 0 Å². The monoisotopic (exact) mass is 434 g/mol. The van der Waals surface area contributed by atoms with Crippen LogP contribution in [0.25, 0.3) is 10.8 Å². The van der Waals surface area contributed by atoms with Crippen LogP contribution in [0.15, 0.2) is 60.7 Å². The van der Waals surface area contributed by atoms with Gasteiger partial charge in [-0.15, -0.1) is 0 Å². The summed E-state index contributed by atoms with van der Waals surface area (Å²) in [7, 11) is 1.65. The van der Waals surface area contributed by atoms with Gasteiger partial charge in [0.1, 0.15) is 5.75 Å². The molecule has 1 heterocycles. The van der Waals surface area contributed by atoms with E-state index in [9.17, 15) is 4.79 Å². The Morgan fingerprint density at radius 2 is 1.66 bits per heavy atom. The average molecular weight is 435 g/mol. The molecule has 6 heteroatoms. The average Bonchev–Trinajstić information content (AvgIpc) is 2.83. The van der Waals surface area contributed by atoms with Gasteiger partial charge in [0, 0.05) is 32.7 Å². The summed E-state index contributed by atoms with van der Waals surface area (Å²) >= 11 is 0. The van der Waals surface area contributed by atoms with Crippen molar-refractivity contribution in [3.63, 3.8) is 0 Å². The summed E-state index contributed by atoms with van der Waals surface area (Å²) in [4.78, 5) is 16.9. The molecule has 3 aromatic carbocycles. The number of methoxy groups -OCH3 is 1. The fraction of sp³-hybridized carbons (Fsp3) is 0.346. The van der Waals surface area contributed by atoms with Gasteiger partial charge in [-0.3, -0.25) is 9.69 Å². The molecule has 1 amide bonds. The number of rotatable bonds is 8. The van der Waals surface area contributed by atoms with Gasteiger partial charge in [-0.25, -0.2) is 0 Å². The highest BCUT2D eigenvalue weighted by Gasteiger charge is 2.22. The van der Waals surface area contributed by atoms with Gasteiger partial charge in [-0.1, -0.05) is 36.4 Å². The second-order valence-electron chi connectivity index (χ2n) is 7.87. The molecule has 1 aliphatic rings. The van der Waals surface area contributed by atoms with Crippen molar-refractivity contribution in [1.29, 1.82) is 0 Å². The minimum atomic E-state index is 0.0286. The molecule has 0 atom stereocenters. The Labute approximate surface area is 189 Å². The van der Waals surface area contributed by atoms with Crippen LogP contribution in [0.2, 0.25) is 0 Å². The van der Waals surface area contributed by atoms with Crippen LogP contribution in [0.3, 0.4) is 0 Å². The molecule has 1 saturated heterocycles. The van der Waals surface area contributed by atoms with Crippen molar-refractivity contribution in [2.24, 2.45) is 0 Å². The molecule has 0 unspecified atom stereocenters. The molecule has 0 spiro atoms. The Kier molecular flexibility index (Phi) is 7.12. The van der Waals surface area contributed by atoms with Gasteiger partial charge >= 0.3 is 0 Å². The number of hydrogen-bond donors (Lipinski definition) is 0. The van der Waals surface area contributed by atoms with Gasteiger partial charge in [0.05, 0.1) is 13.7 Å². The first-order valence-electron chi connectivity index (χ1n) is 11.1. The fourth-order valence-corrected chi connectivity index (χ4v) is 3.99. The van der Waals surface area contributed by atoms with Crippen LogP contribution < -0.4 is 14.2 Å². The lowest BCUT2D eigenvalue weighted by Gasteiger charge is -2.34. The number of hydrogen-bond acceptors (Lipinski definition) is 5.